The normalized spacial score (nSPS) is 15.7. The molecule has 0 spiro atoms. The molecule has 0 radical (unpaired) electrons. The molecule has 0 bridgehead atoms. The van der Waals surface area contributed by atoms with Crippen molar-refractivity contribution < 1.29 is 9.59 Å². The molecule has 1 aliphatic carbocycles. The van der Waals surface area contributed by atoms with Gasteiger partial charge in [0.2, 0.25) is 0 Å². The van der Waals surface area contributed by atoms with E-state index in [0.717, 1.165) is 40.8 Å². The van der Waals surface area contributed by atoms with Crippen LogP contribution in [-0.4, -0.2) is 33.5 Å². The number of benzene rings is 2. The number of nitrogens with one attached hydrogen (secondary N) is 1. The zero-order valence-corrected chi connectivity index (χ0v) is 20.1. The van der Waals surface area contributed by atoms with Crippen LogP contribution in [0.2, 0.25) is 0 Å². The van der Waals surface area contributed by atoms with Gasteiger partial charge in [-0.3, -0.25) is 4.79 Å². The average molecular weight is 457 g/mol. The molecule has 3 N–H and O–H groups in total. The summed E-state index contributed by atoms with van der Waals surface area (Å²) in [5, 5.41) is 3.04. The number of carbonyl (C=O) groups is 2. The molecule has 1 fully saturated rings. The first-order valence-corrected chi connectivity index (χ1v) is 12.0. The maximum absolute atomic E-state index is 12.9. The first-order chi connectivity index (χ1) is 16.2. The van der Waals surface area contributed by atoms with Crippen LogP contribution in [0.1, 0.15) is 61.3 Å². The Morgan fingerprint density at radius 2 is 1.53 bits per heavy atom. The van der Waals surface area contributed by atoms with Crippen LogP contribution in [0.3, 0.4) is 0 Å². The number of urea groups is 1. The zero-order chi connectivity index (χ0) is 24.0. The Hall–Kier alpha value is -3.54. The van der Waals surface area contributed by atoms with Crippen molar-refractivity contribution in [2.45, 2.75) is 58.2 Å². The highest BCUT2D eigenvalue weighted by Gasteiger charge is 2.38. The fourth-order valence-corrected chi connectivity index (χ4v) is 4.96. The molecular weight excluding hydrogens is 424 g/mol. The molecule has 176 valence electrons. The monoisotopic (exact) mass is 456 g/mol. The van der Waals surface area contributed by atoms with E-state index in [1.807, 2.05) is 39.0 Å². The van der Waals surface area contributed by atoms with Gasteiger partial charge in [-0.25, -0.2) is 4.79 Å². The van der Waals surface area contributed by atoms with Crippen molar-refractivity contribution in [1.82, 2.24) is 14.8 Å². The van der Waals surface area contributed by atoms with Crippen LogP contribution in [0.25, 0.3) is 22.3 Å². The molecule has 1 saturated carbocycles. The van der Waals surface area contributed by atoms with Crippen LogP contribution in [0.4, 0.5) is 4.79 Å². The smallest absolute Gasteiger partial charge is 0.318 e. The third-order valence-corrected chi connectivity index (χ3v) is 6.61. The molecule has 6 nitrogen and oxygen atoms in total. The Balaban J connectivity index is 1.56. The Morgan fingerprint density at radius 1 is 0.912 bits per heavy atom. The minimum Gasteiger partial charge on any atom is -0.366 e. The molecule has 0 atom stereocenters. The van der Waals surface area contributed by atoms with Crippen molar-refractivity contribution >= 4 is 11.9 Å². The van der Waals surface area contributed by atoms with Gasteiger partial charge in [0, 0.05) is 29.9 Å². The van der Waals surface area contributed by atoms with E-state index in [2.05, 4.69) is 46.3 Å². The van der Waals surface area contributed by atoms with Gasteiger partial charge in [-0.15, -0.1) is 0 Å². The summed E-state index contributed by atoms with van der Waals surface area (Å²) in [4.78, 5) is 27.5. The second-order valence-corrected chi connectivity index (χ2v) is 10.4. The van der Waals surface area contributed by atoms with E-state index >= 15 is 0 Å². The summed E-state index contributed by atoms with van der Waals surface area (Å²) in [6.45, 7) is 7.55. The number of fused-ring (bicyclic) bond motifs is 1. The zero-order valence-electron chi connectivity index (χ0n) is 20.1. The second kappa shape index (κ2) is 8.35. The number of aromatic nitrogens is 1. The van der Waals surface area contributed by atoms with Gasteiger partial charge in [0.15, 0.2) is 0 Å². The molecule has 5 rings (SSSR count). The Kier molecular flexibility index (Phi) is 5.47. The first-order valence-electron chi connectivity index (χ1n) is 12.0. The number of amides is 3. The average Bonchev–Trinajstić information content (AvgIpc) is 3.58. The molecule has 2 aliphatic rings. The van der Waals surface area contributed by atoms with Gasteiger partial charge in [0.25, 0.3) is 5.91 Å². The molecule has 3 aromatic rings. The number of nitrogens with two attached hydrogens (primary N) is 1. The van der Waals surface area contributed by atoms with Crippen molar-refractivity contribution in [2.24, 2.45) is 5.73 Å². The van der Waals surface area contributed by atoms with Crippen LogP contribution >= 0.6 is 0 Å². The number of rotatable bonds is 4. The lowest BCUT2D eigenvalue weighted by molar-refractivity contribution is 0.0997. The summed E-state index contributed by atoms with van der Waals surface area (Å²) in [6, 6.07) is 18.5. The van der Waals surface area contributed by atoms with Crippen LogP contribution in [-0.2, 0) is 13.1 Å². The summed E-state index contributed by atoms with van der Waals surface area (Å²) >= 11 is 0. The van der Waals surface area contributed by atoms with Crippen molar-refractivity contribution in [2.75, 3.05) is 6.54 Å². The van der Waals surface area contributed by atoms with Gasteiger partial charge in [-0.2, -0.15) is 0 Å². The van der Waals surface area contributed by atoms with E-state index in [0.29, 0.717) is 31.1 Å². The van der Waals surface area contributed by atoms with Gasteiger partial charge in [0.1, 0.15) is 0 Å². The van der Waals surface area contributed by atoms with Gasteiger partial charge < -0.3 is 20.5 Å². The quantitative estimate of drug-likeness (QED) is 0.571. The molecule has 1 aliphatic heterocycles. The predicted molar refractivity (Wildman–Crippen MR) is 134 cm³/mol. The molecule has 0 saturated heterocycles. The van der Waals surface area contributed by atoms with Crippen LogP contribution in [0, 0.1) is 0 Å². The van der Waals surface area contributed by atoms with E-state index in [4.69, 9.17) is 5.73 Å². The third kappa shape index (κ3) is 4.20. The second-order valence-electron chi connectivity index (χ2n) is 10.4. The van der Waals surface area contributed by atoms with E-state index < -0.39 is 5.91 Å². The lowest BCUT2D eigenvalue weighted by Crippen LogP contribution is -2.50. The summed E-state index contributed by atoms with van der Waals surface area (Å²) in [6.07, 6.45) is 2.23. The highest BCUT2D eigenvalue weighted by atomic mass is 16.2. The van der Waals surface area contributed by atoms with Crippen LogP contribution in [0.5, 0.6) is 0 Å². The molecule has 34 heavy (non-hydrogen) atoms. The number of nitrogens with zero attached hydrogens (tertiary/aromatic N) is 2. The van der Waals surface area contributed by atoms with E-state index in [1.54, 1.807) is 4.90 Å². The lowest BCUT2D eigenvalue weighted by atomic mass is 9.95. The Morgan fingerprint density at radius 3 is 2.12 bits per heavy atom. The van der Waals surface area contributed by atoms with Crippen molar-refractivity contribution in [3.63, 3.8) is 0 Å². The lowest BCUT2D eigenvalue weighted by Gasteiger charge is -2.33. The Labute approximate surface area is 200 Å². The molecule has 2 aromatic carbocycles. The summed E-state index contributed by atoms with van der Waals surface area (Å²) < 4.78 is 2.26. The fraction of sp³-hybridized carbons (Fsp3) is 0.357. The van der Waals surface area contributed by atoms with Crippen LogP contribution in [0.15, 0.2) is 54.6 Å². The number of hydrogen-bond donors (Lipinski definition) is 2. The summed E-state index contributed by atoms with van der Waals surface area (Å²) in [7, 11) is 0. The fourth-order valence-electron chi connectivity index (χ4n) is 4.96. The molecule has 3 amide bonds. The molecule has 1 aromatic heterocycles. The van der Waals surface area contributed by atoms with Crippen molar-refractivity contribution in [1.29, 1.82) is 0 Å². The molecule has 2 heterocycles. The van der Waals surface area contributed by atoms with Gasteiger partial charge >= 0.3 is 6.03 Å². The number of primary amides is 1. The minimum atomic E-state index is -0.434. The molecular formula is C28H32N4O2. The topological polar surface area (TPSA) is 80.4 Å². The summed E-state index contributed by atoms with van der Waals surface area (Å²) in [5.41, 5.74) is 12.5. The maximum atomic E-state index is 12.9. The van der Waals surface area contributed by atoms with E-state index in [9.17, 15) is 9.59 Å². The van der Waals surface area contributed by atoms with Crippen molar-refractivity contribution in [3.05, 3.63) is 71.5 Å². The standard InChI is InChI=1S/C28H32N4O2/c1-28(2,3)30-27(34)31-15-16-32-22(17-31)24(26(29)33)23(25(32)21-13-14-21)20-11-9-19(10-12-20)18-7-5-4-6-8-18/h4-12,21H,13-17H2,1-3H3,(H2,29,33)(H,30,34). The van der Waals surface area contributed by atoms with E-state index in [1.165, 1.54) is 5.69 Å². The summed E-state index contributed by atoms with van der Waals surface area (Å²) in [5.74, 6) is 0.00136. The third-order valence-electron chi connectivity index (χ3n) is 6.61. The maximum Gasteiger partial charge on any atom is 0.318 e. The van der Waals surface area contributed by atoms with Gasteiger partial charge in [-0.1, -0.05) is 54.6 Å². The van der Waals surface area contributed by atoms with Crippen LogP contribution < -0.4 is 11.1 Å². The molecule has 0 unspecified atom stereocenters. The highest BCUT2D eigenvalue weighted by Crippen LogP contribution is 2.48. The van der Waals surface area contributed by atoms with Crippen molar-refractivity contribution in [3.8, 4) is 22.3 Å². The largest absolute Gasteiger partial charge is 0.366 e. The van der Waals surface area contributed by atoms with E-state index in [-0.39, 0.29) is 11.6 Å². The first kappa shape index (κ1) is 22.3. The highest BCUT2D eigenvalue weighted by molar-refractivity contribution is 6.02. The number of hydrogen-bond acceptors (Lipinski definition) is 2. The SMILES string of the molecule is CC(C)(C)NC(=O)N1CCn2c(c(C(N)=O)c(-c3ccc(-c4ccccc4)cc3)c2C2CC2)C1. The number of carbonyl (C=O) groups excluding carboxylic acids is 2. The Bertz CT molecular complexity index is 1230. The minimum absolute atomic E-state index is 0.114. The van der Waals surface area contributed by atoms with Gasteiger partial charge in [0.05, 0.1) is 17.8 Å². The predicted octanol–water partition coefficient (Wildman–Crippen LogP) is 5.12. The van der Waals surface area contributed by atoms with Gasteiger partial charge in [-0.05, 0) is 56.2 Å². The molecule has 6 heteroatoms.